The van der Waals surface area contributed by atoms with E-state index >= 15 is 0 Å². The maximum absolute atomic E-state index is 11.3. The van der Waals surface area contributed by atoms with E-state index in [0.717, 1.165) is 0 Å². The van der Waals surface area contributed by atoms with E-state index in [-0.39, 0.29) is 25.0 Å². The van der Waals surface area contributed by atoms with Gasteiger partial charge in [0.2, 0.25) is 5.91 Å². The minimum absolute atomic E-state index is 0.131. The molecule has 0 aromatic rings. The summed E-state index contributed by atoms with van der Waals surface area (Å²) < 4.78 is 5.20. The number of aliphatic hydroxyl groups is 3. The highest BCUT2D eigenvalue weighted by molar-refractivity contribution is 5.77. The highest BCUT2D eigenvalue weighted by Gasteiger charge is 2.42. The van der Waals surface area contributed by atoms with Crippen molar-refractivity contribution in [3.05, 3.63) is 0 Å². The van der Waals surface area contributed by atoms with Gasteiger partial charge in [0.15, 0.2) is 0 Å². The molecule has 94 valence electrons. The van der Waals surface area contributed by atoms with E-state index in [4.69, 9.17) is 9.84 Å². The van der Waals surface area contributed by atoms with Gasteiger partial charge in [0.25, 0.3) is 0 Å². The molecule has 1 heterocycles. The molecule has 0 aromatic heterocycles. The lowest BCUT2D eigenvalue weighted by Crippen LogP contribution is -2.41. The van der Waals surface area contributed by atoms with E-state index in [0.29, 0.717) is 0 Å². The molecule has 0 aliphatic carbocycles. The van der Waals surface area contributed by atoms with Crippen LogP contribution in [0.5, 0.6) is 0 Å². The molecular weight excluding hydrogens is 214 g/mol. The molecule has 0 unspecified atom stereocenters. The normalized spacial score (nSPS) is 34.4. The predicted molar refractivity (Wildman–Crippen MR) is 55.6 cm³/mol. The van der Waals surface area contributed by atoms with Crippen LogP contribution in [0.3, 0.4) is 0 Å². The molecule has 4 N–H and O–H groups in total. The van der Waals surface area contributed by atoms with Gasteiger partial charge in [-0.15, -0.1) is 0 Å². The molecule has 0 radical (unpaired) electrons. The van der Waals surface area contributed by atoms with E-state index < -0.39 is 24.4 Å². The summed E-state index contributed by atoms with van der Waals surface area (Å²) in [5.74, 6) is -0.283. The van der Waals surface area contributed by atoms with Crippen molar-refractivity contribution in [3.8, 4) is 0 Å². The SMILES string of the molecule is CC(C)C(=O)NC[C@H]1O[C@H](CO)[C@@H](O)[C@@H]1O. The summed E-state index contributed by atoms with van der Waals surface area (Å²) in [5, 5.41) is 30.5. The van der Waals surface area contributed by atoms with E-state index in [1.165, 1.54) is 0 Å². The third-order valence-corrected chi connectivity index (χ3v) is 2.64. The lowest BCUT2D eigenvalue weighted by atomic mass is 10.1. The largest absolute Gasteiger partial charge is 0.394 e. The van der Waals surface area contributed by atoms with E-state index in [9.17, 15) is 15.0 Å². The molecule has 1 fully saturated rings. The number of rotatable bonds is 4. The molecule has 1 saturated heterocycles. The second kappa shape index (κ2) is 5.58. The summed E-state index contributed by atoms with van der Waals surface area (Å²) in [6.45, 7) is 3.29. The Bertz CT molecular complexity index is 245. The minimum Gasteiger partial charge on any atom is -0.394 e. The van der Waals surface area contributed by atoms with Gasteiger partial charge in [0.1, 0.15) is 24.4 Å². The van der Waals surface area contributed by atoms with Crippen LogP contribution in [0.25, 0.3) is 0 Å². The average Bonchev–Trinajstić information content (AvgIpc) is 2.52. The monoisotopic (exact) mass is 233 g/mol. The van der Waals surface area contributed by atoms with Gasteiger partial charge in [-0.2, -0.15) is 0 Å². The average molecular weight is 233 g/mol. The van der Waals surface area contributed by atoms with Crippen LogP contribution in [0.15, 0.2) is 0 Å². The van der Waals surface area contributed by atoms with Crippen molar-refractivity contribution >= 4 is 5.91 Å². The molecule has 0 saturated carbocycles. The third kappa shape index (κ3) is 2.91. The van der Waals surface area contributed by atoms with Crippen LogP contribution in [-0.2, 0) is 9.53 Å². The van der Waals surface area contributed by atoms with Crippen molar-refractivity contribution in [2.45, 2.75) is 38.3 Å². The number of carbonyl (C=O) groups is 1. The van der Waals surface area contributed by atoms with Crippen molar-refractivity contribution < 1.29 is 24.9 Å². The predicted octanol–water partition coefficient (Wildman–Crippen LogP) is -1.76. The molecule has 0 aromatic carbocycles. The fraction of sp³-hybridized carbons (Fsp3) is 0.900. The lowest BCUT2D eigenvalue weighted by Gasteiger charge is -2.16. The molecule has 1 aliphatic rings. The smallest absolute Gasteiger partial charge is 0.222 e. The molecular formula is C10H19NO5. The van der Waals surface area contributed by atoms with Crippen LogP contribution in [-0.4, -0.2) is 58.8 Å². The Morgan fingerprint density at radius 2 is 1.88 bits per heavy atom. The molecule has 16 heavy (non-hydrogen) atoms. The van der Waals surface area contributed by atoms with Gasteiger partial charge in [-0.05, 0) is 0 Å². The van der Waals surface area contributed by atoms with Crippen LogP contribution in [0, 0.1) is 5.92 Å². The van der Waals surface area contributed by atoms with Crippen LogP contribution >= 0.6 is 0 Å². The van der Waals surface area contributed by atoms with Crippen molar-refractivity contribution in [2.24, 2.45) is 5.92 Å². The highest BCUT2D eigenvalue weighted by atomic mass is 16.6. The first-order valence-electron chi connectivity index (χ1n) is 5.37. The zero-order chi connectivity index (χ0) is 12.3. The Morgan fingerprint density at radius 1 is 1.31 bits per heavy atom. The summed E-state index contributed by atoms with van der Waals surface area (Å²) in [5.41, 5.74) is 0. The fourth-order valence-corrected chi connectivity index (χ4v) is 1.55. The highest BCUT2D eigenvalue weighted by Crippen LogP contribution is 2.20. The first-order chi connectivity index (χ1) is 7.47. The second-order valence-corrected chi connectivity index (χ2v) is 4.28. The van der Waals surface area contributed by atoms with Gasteiger partial charge in [0, 0.05) is 12.5 Å². The Morgan fingerprint density at radius 3 is 2.31 bits per heavy atom. The van der Waals surface area contributed by atoms with E-state index in [1.54, 1.807) is 13.8 Å². The number of nitrogens with one attached hydrogen (secondary N) is 1. The number of aliphatic hydroxyl groups excluding tert-OH is 3. The zero-order valence-corrected chi connectivity index (χ0v) is 9.46. The molecule has 6 nitrogen and oxygen atoms in total. The first-order valence-corrected chi connectivity index (χ1v) is 5.37. The Labute approximate surface area is 94.2 Å². The molecule has 4 atom stereocenters. The van der Waals surface area contributed by atoms with Crippen molar-refractivity contribution in [1.29, 1.82) is 0 Å². The number of ether oxygens (including phenoxy) is 1. The molecule has 1 amide bonds. The maximum Gasteiger partial charge on any atom is 0.222 e. The molecule has 1 rings (SSSR count). The molecule has 0 bridgehead atoms. The van der Waals surface area contributed by atoms with Crippen molar-refractivity contribution in [1.82, 2.24) is 5.32 Å². The summed E-state index contributed by atoms with van der Waals surface area (Å²) >= 11 is 0. The van der Waals surface area contributed by atoms with Crippen LogP contribution < -0.4 is 5.32 Å². The van der Waals surface area contributed by atoms with Crippen LogP contribution in [0.4, 0.5) is 0 Å². The zero-order valence-electron chi connectivity index (χ0n) is 9.46. The maximum atomic E-state index is 11.3. The summed E-state index contributed by atoms with van der Waals surface area (Å²) in [4.78, 5) is 11.3. The lowest BCUT2D eigenvalue weighted by molar-refractivity contribution is -0.124. The van der Waals surface area contributed by atoms with Gasteiger partial charge in [-0.1, -0.05) is 13.8 Å². The Kier molecular flexibility index (Phi) is 4.67. The summed E-state index contributed by atoms with van der Waals surface area (Å²) in [6.07, 6.45) is -3.64. The fourth-order valence-electron chi connectivity index (χ4n) is 1.55. The number of hydrogen-bond acceptors (Lipinski definition) is 5. The number of amides is 1. The van der Waals surface area contributed by atoms with Crippen LogP contribution in [0.1, 0.15) is 13.8 Å². The molecule has 1 aliphatic heterocycles. The van der Waals surface area contributed by atoms with Gasteiger partial charge >= 0.3 is 0 Å². The number of carbonyl (C=O) groups excluding carboxylic acids is 1. The molecule has 0 spiro atoms. The second-order valence-electron chi connectivity index (χ2n) is 4.28. The summed E-state index contributed by atoms with van der Waals surface area (Å²) in [7, 11) is 0. The van der Waals surface area contributed by atoms with Gasteiger partial charge in [0.05, 0.1) is 6.61 Å². The third-order valence-electron chi connectivity index (χ3n) is 2.64. The van der Waals surface area contributed by atoms with Crippen molar-refractivity contribution in [3.63, 3.8) is 0 Å². The summed E-state index contributed by atoms with van der Waals surface area (Å²) in [6, 6.07) is 0. The van der Waals surface area contributed by atoms with Gasteiger partial charge < -0.3 is 25.4 Å². The van der Waals surface area contributed by atoms with Gasteiger partial charge in [-0.3, -0.25) is 4.79 Å². The van der Waals surface area contributed by atoms with E-state index in [2.05, 4.69) is 5.32 Å². The van der Waals surface area contributed by atoms with Crippen LogP contribution in [0.2, 0.25) is 0 Å². The Balaban J connectivity index is 2.41. The van der Waals surface area contributed by atoms with E-state index in [1.807, 2.05) is 0 Å². The van der Waals surface area contributed by atoms with Crippen molar-refractivity contribution in [2.75, 3.05) is 13.2 Å². The Hall–Kier alpha value is -0.690. The topological polar surface area (TPSA) is 99.0 Å². The molecule has 6 heteroatoms. The minimum atomic E-state index is -1.11. The quantitative estimate of drug-likeness (QED) is 0.461. The van der Waals surface area contributed by atoms with Gasteiger partial charge in [-0.25, -0.2) is 0 Å². The standard InChI is InChI=1S/C10H19NO5/c1-5(2)10(15)11-3-6-8(13)9(14)7(4-12)16-6/h5-9,12-14H,3-4H2,1-2H3,(H,11,15)/t6-,7-,8-,9-/m1/s1. The first kappa shape index (κ1) is 13.4. The number of hydrogen-bond donors (Lipinski definition) is 4.